The SMILES string of the molecule is CC(NC(=O)C(N)Cc1ccc(O)cc1)C(=O)NC(CS)C(=O)N1CCCC1C(=O)O. The van der Waals surface area contributed by atoms with E-state index in [-0.39, 0.29) is 17.9 Å². The van der Waals surface area contributed by atoms with Crippen LogP contribution in [0.15, 0.2) is 24.3 Å². The average molecular weight is 453 g/mol. The standard InChI is InChI=1S/C20H28N4O6S/c1-11(22-18(27)14(21)9-12-4-6-13(25)7-5-12)17(26)23-15(10-31)19(28)24-8-2-3-16(24)20(29)30/h4-7,11,14-16,25,31H,2-3,8-10,21H2,1H3,(H,22,27)(H,23,26)(H,29,30). The molecule has 11 heteroatoms. The molecule has 1 saturated heterocycles. The van der Waals surface area contributed by atoms with Gasteiger partial charge in [0.2, 0.25) is 17.7 Å². The molecule has 1 fully saturated rings. The maximum atomic E-state index is 12.7. The van der Waals surface area contributed by atoms with Gasteiger partial charge in [0.15, 0.2) is 0 Å². The third-order valence-corrected chi connectivity index (χ3v) is 5.46. The highest BCUT2D eigenvalue weighted by Crippen LogP contribution is 2.19. The van der Waals surface area contributed by atoms with Crippen LogP contribution in [0.2, 0.25) is 0 Å². The van der Waals surface area contributed by atoms with Gasteiger partial charge >= 0.3 is 5.97 Å². The zero-order valence-corrected chi connectivity index (χ0v) is 18.0. The van der Waals surface area contributed by atoms with Gasteiger partial charge in [0.25, 0.3) is 0 Å². The first-order chi connectivity index (χ1) is 14.6. The number of nitrogens with two attached hydrogens (primary N) is 1. The summed E-state index contributed by atoms with van der Waals surface area (Å²) in [5.74, 6) is -2.68. The molecule has 170 valence electrons. The van der Waals surface area contributed by atoms with E-state index < -0.39 is 47.9 Å². The van der Waals surface area contributed by atoms with Crippen LogP contribution in [-0.4, -0.2) is 75.3 Å². The van der Waals surface area contributed by atoms with E-state index in [2.05, 4.69) is 23.3 Å². The van der Waals surface area contributed by atoms with Crippen LogP contribution in [0.1, 0.15) is 25.3 Å². The molecule has 1 aliphatic heterocycles. The quantitative estimate of drug-likeness (QED) is 0.269. The number of aliphatic carboxylic acids is 1. The maximum Gasteiger partial charge on any atom is 0.326 e. The Labute approximate surface area is 185 Å². The molecule has 0 aromatic heterocycles. The van der Waals surface area contributed by atoms with Crippen LogP contribution in [0, 0.1) is 0 Å². The summed E-state index contributed by atoms with van der Waals surface area (Å²) in [6, 6.07) is 2.45. The number of benzene rings is 1. The fourth-order valence-corrected chi connectivity index (χ4v) is 3.58. The van der Waals surface area contributed by atoms with Crippen LogP contribution in [0.3, 0.4) is 0 Å². The summed E-state index contributed by atoms with van der Waals surface area (Å²) in [6.07, 6.45) is 1.14. The van der Waals surface area contributed by atoms with Crippen LogP contribution < -0.4 is 16.4 Å². The lowest BCUT2D eigenvalue weighted by atomic mass is 10.1. The molecule has 31 heavy (non-hydrogen) atoms. The maximum absolute atomic E-state index is 12.7. The second-order valence-electron chi connectivity index (χ2n) is 7.48. The van der Waals surface area contributed by atoms with Crippen molar-refractivity contribution in [3.8, 4) is 5.75 Å². The van der Waals surface area contributed by atoms with Gasteiger partial charge in [-0.15, -0.1) is 0 Å². The number of hydrogen-bond donors (Lipinski definition) is 6. The van der Waals surface area contributed by atoms with Crippen LogP contribution >= 0.6 is 12.6 Å². The first-order valence-corrected chi connectivity index (χ1v) is 10.6. The van der Waals surface area contributed by atoms with Crippen molar-refractivity contribution in [3.05, 3.63) is 29.8 Å². The first-order valence-electron chi connectivity index (χ1n) is 9.92. The largest absolute Gasteiger partial charge is 0.508 e. The molecular weight excluding hydrogens is 424 g/mol. The van der Waals surface area contributed by atoms with Crippen molar-refractivity contribution >= 4 is 36.3 Å². The highest BCUT2D eigenvalue weighted by Gasteiger charge is 2.37. The molecule has 1 heterocycles. The van der Waals surface area contributed by atoms with Crippen molar-refractivity contribution in [3.63, 3.8) is 0 Å². The summed E-state index contributed by atoms with van der Waals surface area (Å²) < 4.78 is 0. The van der Waals surface area contributed by atoms with Gasteiger partial charge < -0.3 is 31.5 Å². The van der Waals surface area contributed by atoms with Gasteiger partial charge in [-0.3, -0.25) is 14.4 Å². The van der Waals surface area contributed by atoms with Crippen molar-refractivity contribution < 1.29 is 29.4 Å². The molecule has 4 atom stereocenters. The number of phenols is 1. The van der Waals surface area contributed by atoms with Crippen molar-refractivity contribution in [2.75, 3.05) is 12.3 Å². The number of likely N-dealkylation sites (tertiary alicyclic amines) is 1. The molecule has 10 nitrogen and oxygen atoms in total. The van der Waals surface area contributed by atoms with Gasteiger partial charge in [-0.25, -0.2) is 4.79 Å². The van der Waals surface area contributed by atoms with E-state index in [1.165, 1.54) is 24.0 Å². The number of nitrogens with one attached hydrogen (secondary N) is 2. The number of nitrogens with zero attached hydrogens (tertiary/aromatic N) is 1. The number of carboxylic acids is 1. The molecule has 0 saturated carbocycles. The Morgan fingerprint density at radius 1 is 1.19 bits per heavy atom. The summed E-state index contributed by atoms with van der Waals surface area (Å²) in [5.41, 5.74) is 6.65. The van der Waals surface area contributed by atoms with Gasteiger partial charge in [0, 0.05) is 12.3 Å². The predicted octanol–water partition coefficient (Wildman–Crippen LogP) is -0.743. The van der Waals surface area contributed by atoms with E-state index in [1.54, 1.807) is 12.1 Å². The van der Waals surface area contributed by atoms with Crippen LogP contribution in [-0.2, 0) is 25.6 Å². The van der Waals surface area contributed by atoms with E-state index in [4.69, 9.17) is 5.73 Å². The van der Waals surface area contributed by atoms with Crippen molar-refractivity contribution in [2.24, 2.45) is 5.73 Å². The number of carbonyl (C=O) groups is 4. The van der Waals surface area contributed by atoms with Gasteiger partial charge in [0.05, 0.1) is 6.04 Å². The van der Waals surface area contributed by atoms with Gasteiger partial charge in [-0.1, -0.05) is 12.1 Å². The average Bonchev–Trinajstić information content (AvgIpc) is 3.23. The van der Waals surface area contributed by atoms with E-state index in [0.29, 0.717) is 19.4 Å². The number of carboxylic acid groups (broad SMARTS) is 1. The lowest BCUT2D eigenvalue weighted by Crippen LogP contribution is -2.57. The molecule has 3 amide bonds. The Morgan fingerprint density at radius 3 is 2.42 bits per heavy atom. The minimum absolute atomic E-state index is 0.0194. The molecule has 0 spiro atoms. The smallest absolute Gasteiger partial charge is 0.326 e. The molecule has 4 unspecified atom stereocenters. The Morgan fingerprint density at radius 2 is 1.84 bits per heavy atom. The number of aromatic hydroxyl groups is 1. The second kappa shape index (κ2) is 11.0. The topological polar surface area (TPSA) is 162 Å². The Kier molecular flexibility index (Phi) is 8.69. The van der Waals surface area contributed by atoms with Gasteiger partial charge in [0.1, 0.15) is 23.9 Å². The Bertz CT molecular complexity index is 818. The molecule has 6 N–H and O–H groups in total. The second-order valence-corrected chi connectivity index (χ2v) is 7.84. The lowest BCUT2D eigenvalue weighted by Gasteiger charge is -2.27. The van der Waals surface area contributed by atoms with E-state index in [9.17, 15) is 29.4 Å². The molecule has 0 radical (unpaired) electrons. The number of carbonyl (C=O) groups excluding carboxylic acids is 3. The van der Waals surface area contributed by atoms with Crippen LogP contribution in [0.4, 0.5) is 0 Å². The van der Waals surface area contributed by atoms with Crippen molar-refractivity contribution in [2.45, 2.75) is 50.4 Å². The lowest BCUT2D eigenvalue weighted by molar-refractivity contribution is -0.149. The third kappa shape index (κ3) is 6.59. The summed E-state index contributed by atoms with van der Waals surface area (Å²) in [7, 11) is 0. The molecular formula is C20H28N4O6S. The van der Waals surface area contributed by atoms with E-state index >= 15 is 0 Å². The Balaban J connectivity index is 1.90. The highest BCUT2D eigenvalue weighted by atomic mass is 32.1. The minimum Gasteiger partial charge on any atom is -0.508 e. The first kappa shape index (κ1) is 24.5. The predicted molar refractivity (Wildman–Crippen MR) is 116 cm³/mol. The monoisotopic (exact) mass is 452 g/mol. The van der Waals surface area contributed by atoms with Gasteiger partial charge in [-0.2, -0.15) is 12.6 Å². The van der Waals surface area contributed by atoms with Crippen molar-refractivity contribution in [1.29, 1.82) is 0 Å². The molecule has 0 bridgehead atoms. The molecule has 2 rings (SSSR count). The molecule has 1 aromatic carbocycles. The summed E-state index contributed by atoms with van der Waals surface area (Å²) in [4.78, 5) is 50.0. The fraction of sp³-hybridized carbons (Fsp3) is 0.500. The molecule has 1 aliphatic rings. The summed E-state index contributed by atoms with van der Waals surface area (Å²) in [6.45, 7) is 1.75. The molecule has 0 aliphatic carbocycles. The number of hydrogen-bond acceptors (Lipinski definition) is 7. The summed E-state index contributed by atoms with van der Waals surface area (Å²) >= 11 is 4.10. The fourth-order valence-electron chi connectivity index (χ4n) is 3.33. The van der Waals surface area contributed by atoms with Crippen molar-refractivity contribution in [1.82, 2.24) is 15.5 Å². The number of rotatable bonds is 9. The minimum atomic E-state index is -1.08. The zero-order chi connectivity index (χ0) is 23.1. The third-order valence-electron chi connectivity index (χ3n) is 5.10. The van der Waals surface area contributed by atoms with Gasteiger partial charge in [-0.05, 0) is 43.9 Å². The van der Waals surface area contributed by atoms with E-state index in [0.717, 1.165) is 5.56 Å². The molecule has 1 aromatic rings. The Hall–Kier alpha value is -2.79. The summed E-state index contributed by atoms with van der Waals surface area (Å²) in [5, 5.41) is 23.6. The zero-order valence-electron chi connectivity index (χ0n) is 17.2. The number of phenolic OH excluding ortho intramolecular Hbond substituents is 1. The number of amides is 3. The van der Waals surface area contributed by atoms with E-state index in [1.807, 2.05) is 0 Å². The normalized spacial score (nSPS) is 18.7. The highest BCUT2D eigenvalue weighted by molar-refractivity contribution is 7.80. The number of thiol groups is 1. The van der Waals surface area contributed by atoms with Crippen LogP contribution in [0.5, 0.6) is 5.75 Å². The van der Waals surface area contributed by atoms with Crippen LogP contribution in [0.25, 0.3) is 0 Å².